The number of fused-ring (bicyclic) bond motifs is 1. The van der Waals surface area contributed by atoms with E-state index in [2.05, 4.69) is 32.8 Å². The minimum absolute atomic E-state index is 0.242. The fourth-order valence-corrected chi connectivity index (χ4v) is 3.10. The molecule has 122 valence electrons. The first-order chi connectivity index (χ1) is 11.7. The van der Waals surface area contributed by atoms with E-state index in [0.717, 1.165) is 53.5 Å². The van der Waals surface area contributed by atoms with Crippen molar-refractivity contribution in [3.05, 3.63) is 48.3 Å². The van der Waals surface area contributed by atoms with Crippen LogP contribution >= 0.6 is 0 Å². The van der Waals surface area contributed by atoms with Gasteiger partial charge in [-0.25, -0.2) is 15.0 Å². The van der Waals surface area contributed by atoms with E-state index < -0.39 is 0 Å². The van der Waals surface area contributed by atoms with Crippen molar-refractivity contribution in [1.82, 2.24) is 15.0 Å². The Morgan fingerprint density at radius 3 is 2.79 bits per heavy atom. The summed E-state index contributed by atoms with van der Waals surface area (Å²) in [6.45, 7) is 6.61. The SMILES string of the molecule is Cc1nc(-c2ccc(N3CCOC(C)C3)nc2)nc2ccccc12. The summed E-state index contributed by atoms with van der Waals surface area (Å²) in [6.07, 6.45) is 2.10. The lowest BCUT2D eigenvalue weighted by Gasteiger charge is -2.32. The summed E-state index contributed by atoms with van der Waals surface area (Å²) < 4.78 is 5.59. The first-order valence-corrected chi connectivity index (χ1v) is 8.27. The molecule has 1 fully saturated rings. The molecule has 0 bridgehead atoms. The number of rotatable bonds is 2. The highest BCUT2D eigenvalue weighted by molar-refractivity contribution is 5.82. The van der Waals surface area contributed by atoms with Gasteiger partial charge in [0.25, 0.3) is 0 Å². The molecule has 3 aromatic rings. The van der Waals surface area contributed by atoms with Gasteiger partial charge < -0.3 is 9.64 Å². The Kier molecular flexibility index (Phi) is 3.86. The van der Waals surface area contributed by atoms with Gasteiger partial charge in [0, 0.05) is 35.9 Å². The van der Waals surface area contributed by atoms with Gasteiger partial charge in [-0.1, -0.05) is 18.2 Å². The third-order valence-electron chi connectivity index (χ3n) is 4.36. The van der Waals surface area contributed by atoms with Crippen molar-refractivity contribution in [2.24, 2.45) is 0 Å². The van der Waals surface area contributed by atoms with Gasteiger partial charge in [0.2, 0.25) is 0 Å². The molecule has 1 aliphatic heterocycles. The molecule has 0 N–H and O–H groups in total. The molecule has 3 heterocycles. The predicted molar refractivity (Wildman–Crippen MR) is 95.1 cm³/mol. The standard InChI is InChI=1S/C19H20N4O/c1-13-12-23(9-10-24-13)18-8-7-15(11-20-18)19-21-14(2)16-5-3-4-6-17(16)22-19/h3-8,11,13H,9-10,12H2,1-2H3. The van der Waals surface area contributed by atoms with E-state index in [0.29, 0.717) is 0 Å². The Balaban J connectivity index is 1.65. The predicted octanol–water partition coefficient (Wildman–Crippen LogP) is 3.23. The van der Waals surface area contributed by atoms with E-state index in [1.165, 1.54) is 0 Å². The quantitative estimate of drug-likeness (QED) is 0.725. The van der Waals surface area contributed by atoms with Crippen molar-refractivity contribution in [1.29, 1.82) is 0 Å². The van der Waals surface area contributed by atoms with Gasteiger partial charge in [-0.2, -0.15) is 0 Å². The van der Waals surface area contributed by atoms with Gasteiger partial charge >= 0.3 is 0 Å². The molecule has 24 heavy (non-hydrogen) atoms. The molecule has 1 aromatic carbocycles. The average molecular weight is 320 g/mol. The van der Waals surface area contributed by atoms with E-state index in [-0.39, 0.29) is 6.10 Å². The van der Waals surface area contributed by atoms with E-state index >= 15 is 0 Å². The topological polar surface area (TPSA) is 51.1 Å². The normalized spacial score (nSPS) is 18.1. The molecule has 0 aliphatic carbocycles. The molecule has 5 heteroatoms. The van der Waals surface area contributed by atoms with Crippen LogP contribution in [0.3, 0.4) is 0 Å². The van der Waals surface area contributed by atoms with Crippen molar-refractivity contribution in [2.45, 2.75) is 20.0 Å². The lowest BCUT2D eigenvalue weighted by molar-refractivity contribution is 0.0529. The smallest absolute Gasteiger partial charge is 0.161 e. The maximum atomic E-state index is 5.59. The Bertz CT molecular complexity index is 863. The van der Waals surface area contributed by atoms with Crippen molar-refractivity contribution < 1.29 is 4.74 Å². The number of ether oxygens (including phenoxy) is 1. The molecule has 4 rings (SSSR count). The molecule has 2 aromatic heterocycles. The number of para-hydroxylation sites is 1. The summed E-state index contributed by atoms with van der Waals surface area (Å²) in [4.78, 5) is 16.2. The van der Waals surface area contributed by atoms with Gasteiger partial charge in [0.05, 0.1) is 18.2 Å². The number of nitrogens with zero attached hydrogens (tertiary/aromatic N) is 4. The molecule has 1 unspecified atom stereocenters. The minimum Gasteiger partial charge on any atom is -0.375 e. The molecular weight excluding hydrogens is 300 g/mol. The molecule has 1 aliphatic rings. The van der Waals surface area contributed by atoms with E-state index in [1.54, 1.807) is 0 Å². The maximum absolute atomic E-state index is 5.59. The lowest BCUT2D eigenvalue weighted by atomic mass is 10.1. The summed E-state index contributed by atoms with van der Waals surface area (Å²) in [7, 11) is 0. The Labute approximate surface area is 141 Å². The number of hydrogen-bond acceptors (Lipinski definition) is 5. The van der Waals surface area contributed by atoms with Crippen LogP contribution in [0, 0.1) is 6.92 Å². The molecule has 5 nitrogen and oxygen atoms in total. The zero-order chi connectivity index (χ0) is 16.5. The summed E-state index contributed by atoms with van der Waals surface area (Å²) >= 11 is 0. The molecule has 0 spiro atoms. The molecular formula is C19H20N4O. The summed E-state index contributed by atoms with van der Waals surface area (Å²) in [6, 6.07) is 12.2. The van der Waals surface area contributed by atoms with Crippen molar-refractivity contribution in [2.75, 3.05) is 24.6 Å². The second-order valence-electron chi connectivity index (χ2n) is 6.18. The zero-order valence-corrected chi connectivity index (χ0v) is 13.9. The summed E-state index contributed by atoms with van der Waals surface area (Å²) in [5.41, 5.74) is 2.89. The van der Waals surface area contributed by atoms with Gasteiger partial charge in [0.15, 0.2) is 5.82 Å². The van der Waals surface area contributed by atoms with Crippen molar-refractivity contribution in [3.8, 4) is 11.4 Å². The second kappa shape index (κ2) is 6.17. The van der Waals surface area contributed by atoms with Crippen LogP contribution in [0.1, 0.15) is 12.6 Å². The fourth-order valence-electron chi connectivity index (χ4n) is 3.10. The van der Waals surface area contributed by atoms with Crippen LogP contribution < -0.4 is 4.90 Å². The number of morpholine rings is 1. The largest absolute Gasteiger partial charge is 0.375 e. The molecule has 0 saturated carbocycles. The molecule has 1 saturated heterocycles. The Morgan fingerprint density at radius 1 is 1.12 bits per heavy atom. The van der Waals surface area contributed by atoms with Crippen LogP contribution in [0.2, 0.25) is 0 Å². The zero-order valence-electron chi connectivity index (χ0n) is 13.9. The number of aromatic nitrogens is 3. The second-order valence-corrected chi connectivity index (χ2v) is 6.18. The highest BCUT2D eigenvalue weighted by Gasteiger charge is 2.18. The number of pyridine rings is 1. The van der Waals surface area contributed by atoms with Gasteiger partial charge in [-0.05, 0) is 32.0 Å². The van der Waals surface area contributed by atoms with Crippen LogP contribution in [0.15, 0.2) is 42.6 Å². The molecule has 0 amide bonds. The van der Waals surface area contributed by atoms with E-state index in [4.69, 9.17) is 4.74 Å². The van der Waals surface area contributed by atoms with E-state index in [9.17, 15) is 0 Å². The third-order valence-corrected chi connectivity index (χ3v) is 4.36. The number of hydrogen-bond donors (Lipinski definition) is 0. The third kappa shape index (κ3) is 2.83. The monoisotopic (exact) mass is 320 g/mol. The molecule has 0 radical (unpaired) electrons. The minimum atomic E-state index is 0.242. The van der Waals surface area contributed by atoms with Crippen LogP contribution in [-0.2, 0) is 4.74 Å². The van der Waals surface area contributed by atoms with Crippen molar-refractivity contribution in [3.63, 3.8) is 0 Å². The Morgan fingerprint density at radius 2 is 2.00 bits per heavy atom. The summed E-state index contributed by atoms with van der Waals surface area (Å²) in [5.74, 6) is 1.70. The Hall–Kier alpha value is -2.53. The average Bonchev–Trinajstić information content (AvgIpc) is 2.62. The number of benzene rings is 1. The first-order valence-electron chi connectivity index (χ1n) is 8.27. The van der Waals surface area contributed by atoms with Crippen molar-refractivity contribution >= 4 is 16.7 Å². The van der Waals surface area contributed by atoms with Gasteiger partial charge in [-0.15, -0.1) is 0 Å². The molecule has 1 atom stereocenters. The lowest BCUT2D eigenvalue weighted by Crippen LogP contribution is -2.41. The van der Waals surface area contributed by atoms with Crippen LogP contribution in [0.25, 0.3) is 22.3 Å². The fraction of sp³-hybridized carbons (Fsp3) is 0.316. The van der Waals surface area contributed by atoms with Crippen LogP contribution in [0.5, 0.6) is 0 Å². The first kappa shape index (κ1) is 15.0. The highest BCUT2D eigenvalue weighted by atomic mass is 16.5. The highest BCUT2D eigenvalue weighted by Crippen LogP contribution is 2.23. The van der Waals surface area contributed by atoms with Gasteiger partial charge in [-0.3, -0.25) is 0 Å². The van der Waals surface area contributed by atoms with Crippen LogP contribution in [0.4, 0.5) is 5.82 Å². The van der Waals surface area contributed by atoms with E-state index in [1.807, 2.05) is 43.5 Å². The maximum Gasteiger partial charge on any atom is 0.161 e. The van der Waals surface area contributed by atoms with Crippen LogP contribution in [-0.4, -0.2) is 40.8 Å². The number of anilines is 1. The summed E-state index contributed by atoms with van der Waals surface area (Å²) in [5, 5.41) is 1.09. The number of aryl methyl sites for hydroxylation is 1. The van der Waals surface area contributed by atoms with Gasteiger partial charge in [0.1, 0.15) is 5.82 Å².